The average molecular weight is 194 g/mol. The summed E-state index contributed by atoms with van der Waals surface area (Å²) >= 11 is 0. The lowest BCUT2D eigenvalue weighted by atomic mass is 10.3. The van der Waals surface area contributed by atoms with Gasteiger partial charge >= 0.3 is 0 Å². The summed E-state index contributed by atoms with van der Waals surface area (Å²) in [6.45, 7) is 7.44. The molecule has 0 fully saturated rings. The summed E-state index contributed by atoms with van der Waals surface area (Å²) in [6.07, 6.45) is 2.61. The quantitative estimate of drug-likeness (QED) is 0.792. The van der Waals surface area contributed by atoms with Gasteiger partial charge in [-0.05, 0) is 20.3 Å². The van der Waals surface area contributed by atoms with E-state index in [9.17, 15) is 0 Å². The fraction of sp³-hybridized carbons (Fsp3) is 0.600. The Kier molecular flexibility index (Phi) is 3.68. The second kappa shape index (κ2) is 4.79. The maximum atomic E-state index is 5.61. The van der Waals surface area contributed by atoms with E-state index in [1.807, 2.05) is 6.07 Å². The highest BCUT2D eigenvalue weighted by Crippen LogP contribution is 2.15. The van der Waals surface area contributed by atoms with Gasteiger partial charge in [0.05, 0.1) is 0 Å². The minimum absolute atomic E-state index is 0.434. The molecule has 0 aliphatic carbocycles. The van der Waals surface area contributed by atoms with Crippen LogP contribution in [0.1, 0.15) is 27.2 Å². The van der Waals surface area contributed by atoms with Gasteiger partial charge in [0.25, 0.3) is 0 Å². The first-order valence-electron chi connectivity index (χ1n) is 4.99. The molecular formula is C10H18N4. The van der Waals surface area contributed by atoms with Gasteiger partial charge in [-0.2, -0.15) is 0 Å². The van der Waals surface area contributed by atoms with Gasteiger partial charge in [-0.15, -0.1) is 0 Å². The number of hydrogen-bond donors (Lipinski definition) is 1. The third-order valence-electron chi connectivity index (χ3n) is 2.06. The van der Waals surface area contributed by atoms with Crippen molar-refractivity contribution in [1.82, 2.24) is 9.97 Å². The van der Waals surface area contributed by atoms with E-state index in [2.05, 4.69) is 35.6 Å². The second-order valence-corrected chi connectivity index (χ2v) is 3.59. The Morgan fingerprint density at radius 1 is 1.43 bits per heavy atom. The molecule has 0 saturated heterocycles. The zero-order valence-corrected chi connectivity index (χ0v) is 9.07. The fourth-order valence-corrected chi connectivity index (χ4v) is 1.40. The average Bonchev–Trinajstić information content (AvgIpc) is 2.13. The number of rotatable bonds is 4. The van der Waals surface area contributed by atoms with Gasteiger partial charge in [0.1, 0.15) is 18.0 Å². The van der Waals surface area contributed by atoms with Crippen LogP contribution in [0.4, 0.5) is 11.6 Å². The number of anilines is 2. The third-order valence-corrected chi connectivity index (χ3v) is 2.06. The smallest absolute Gasteiger partial charge is 0.134 e. The van der Waals surface area contributed by atoms with Gasteiger partial charge in [-0.25, -0.2) is 9.97 Å². The lowest BCUT2D eigenvalue weighted by Crippen LogP contribution is -2.32. The van der Waals surface area contributed by atoms with Crippen LogP contribution in [0, 0.1) is 0 Å². The molecule has 0 aliphatic rings. The zero-order chi connectivity index (χ0) is 10.6. The van der Waals surface area contributed by atoms with E-state index in [0.29, 0.717) is 11.9 Å². The highest BCUT2D eigenvalue weighted by molar-refractivity contribution is 5.46. The summed E-state index contributed by atoms with van der Waals surface area (Å²) < 4.78 is 0. The molecule has 0 bridgehead atoms. The molecule has 0 saturated carbocycles. The van der Waals surface area contributed by atoms with E-state index in [1.54, 1.807) is 0 Å². The predicted molar refractivity (Wildman–Crippen MR) is 59.2 cm³/mol. The summed E-state index contributed by atoms with van der Waals surface area (Å²) in [5.74, 6) is 1.44. The molecule has 1 rings (SSSR count). The van der Waals surface area contributed by atoms with Gasteiger partial charge < -0.3 is 10.6 Å². The van der Waals surface area contributed by atoms with Crippen LogP contribution in [-0.2, 0) is 0 Å². The Morgan fingerprint density at radius 3 is 2.64 bits per heavy atom. The van der Waals surface area contributed by atoms with Crippen LogP contribution in [-0.4, -0.2) is 22.6 Å². The molecule has 4 nitrogen and oxygen atoms in total. The zero-order valence-electron chi connectivity index (χ0n) is 9.07. The molecule has 2 N–H and O–H groups in total. The van der Waals surface area contributed by atoms with Crippen molar-refractivity contribution in [1.29, 1.82) is 0 Å². The lowest BCUT2D eigenvalue weighted by molar-refractivity contribution is 0.661. The number of hydrogen-bond acceptors (Lipinski definition) is 4. The molecule has 0 amide bonds. The third kappa shape index (κ3) is 2.58. The maximum Gasteiger partial charge on any atom is 0.134 e. The van der Waals surface area contributed by atoms with Crippen molar-refractivity contribution in [2.45, 2.75) is 33.2 Å². The Balaban J connectivity index is 2.87. The van der Waals surface area contributed by atoms with Crippen LogP contribution in [0.3, 0.4) is 0 Å². The minimum Gasteiger partial charge on any atom is -0.384 e. The van der Waals surface area contributed by atoms with Crippen molar-refractivity contribution >= 4 is 11.6 Å². The van der Waals surface area contributed by atoms with Crippen LogP contribution < -0.4 is 10.6 Å². The molecule has 0 radical (unpaired) electrons. The second-order valence-electron chi connectivity index (χ2n) is 3.59. The molecule has 0 aliphatic heterocycles. The molecule has 1 aromatic rings. The summed E-state index contributed by atoms with van der Waals surface area (Å²) in [4.78, 5) is 10.3. The van der Waals surface area contributed by atoms with Crippen LogP contribution in [0.2, 0.25) is 0 Å². The van der Waals surface area contributed by atoms with Crippen LogP contribution in [0.25, 0.3) is 0 Å². The first-order valence-corrected chi connectivity index (χ1v) is 4.99. The topological polar surface area (TPSA) is 55.0 Å². The van der Waals surface area contributed by atoms with Crippen molar-refractivity contribution in [3.05, 3.63) is 12.4 Å². The standard InChI is InChI=1S/C10H18N4/c1-4-5-14(8(2)3)10-6-9(11)12-7-13-10/h6-8H,4-5H2,1-3H3,(H2,11,12,13). The van der Waals surface area contributed by atoms with Crippen molar-refractivity contribution in [2.75, 3.05) is 17.2 Å². The number of nitrogen functional groups attached to an aromatic ring is 1. The Labute approximate surface area is 85.2 Å². The molecule has 1 heterocycles. The van der Waals surface area contributed by atoms with E-state index in [4.69, 9.17) is 5.73 Å². The normalized spacial score (nSPS) is 10.6. The molecule has 0 atom stereocenters. The van der Waals surface area contributed by atoms with Crippen molar-refractivity contribution in [3.8, 4) is 0 Å². The number of nitrogens with zero attached hydrogens (tertiary/aromatic N) is 3. The van der Waals surface area contributed by atoms with E-state index in [1.165, 1.54) is 6.33 Å². The fourth-order valence-electron chi connectivity index (χ4n) is 1.40. The summed E-state index contributed by atoms with van der Waals surface area (Å²) in [5, 5.41) is 0. The van der Waals surface area contributed by atoms with Crippen LogP contribution in [0.15, 0.2) is 12.4 Å². The van der Waals surface area contributed by atoms with Crippen molar-refractivity contribution in [2.24, 2.45) is 0 Å². The first-order chi connectivity index (χ1) is 6.65. The summed E-state index contributed by atoms with van der Waals surface area (Å²) in [5.41, 5.74) is 5.61. The Hall–Kier alpha value is -1.32. The first kappa shape index (κ1) is 10.8. The van der Waals surface area contributed by atoms with E-state index >= 15 is 0 Å². The predicted octanol–water partition coefficient (Wildman–Crippen LogP) is 1.68. The minimum atomic E-state index is 0.434. The largest absolute Gasteiger partial charge is 0.384 e. The molecular weight excluding hydrogens is 176 g/mol. The Bertz CT molecular complexity index is 285. The van der Waals surface area contributed by atoms with Gasteiger partial charge in [-0.1, -0.05) is 6.92 Å². The SMILES string of the molecule is CCCN(c1cc(N)ncn1)C(C)C. The molecule has 0 unspecified atom stereocenters. The molecule has 14 heavy (non-hydrogen) atoms. The summed E-state index contributed by atoms with van der Waals surface area (Å²) in [7, 11) is 0. The van der Waals surface area contributed by atoms with Crippen molar-refractivity contribution < 1.29 is 0 Å². The van der Waals surface area contributed by atoms with E-state index < -0.39 is 0 Å². The molecule has 0 spiro atoms. The highest BCUT2D eigenvalue weighted by atomic mass is 15.2. The lowest BCUT2D eigenvalue weighted by Gasteiger charge is -2.27. The molecule has 1 aromatic heterocycles. The van der Waals surface area contributed by atoms with Crippen LogP contribution >= 0.6 is 0 Å². The number of aromatic nitrogens is 2. The van der Waals surface area contributed by atoms with Gasteiger partial charge in [0, 0.05) is 18.7 Å². The molecule has 4 heteroatoms. The van der Waals surface area contributed by atoms with Crippen molar-refractivity contribution in [3.63, 3.8) is 0 Å². The van der Waals surface area contributed by atoms with E-state index in [-0.39, 0.29) is 0 Å². The summed E-state index contributed by atoms with van der Waals surface area (Å²) in [6, 6.07) is 2.25. The van der Waals surface area contributed by atoms with Crippen LogP contribution in [0.5, 0.6) is 0 Å². The number of nitrogens with two attached hydrogens (primary N) is 1. The van der Waals surface area contributed by atoms with E-state index in [0.717, 1.165) is 18.8 Å². The highest BCUT2D eigenvalue weighted by Gasteiger charge is 2.10. The van der Waals surface area contributed by atoms with Gasteiger partial charge in [0.15, 0.2) is 0 Å². The van der Waals surface area contributed by atoms with Gasteiger partial charge in [0.2, 0.25) is 0 Å². The monoisotopic (exact) mass is 194 g/mol. The maximum absolute atomic E-state index is 5.61. The molecule has 0 aromatic carbocycles. The molecule has 78 valence electrons. The van der Waals surface area contributed by atoms with Gasteiger partial charge in [-0.3, -0.25) is 0 Å². The Morgan fingerprint density at radius 2 is 2.14 bits per heavy atom.